The smallest absolute Gasteiger partial charge is 0.334 e. The molecule has 3 atom stereocenters. The number of cyclic esters (lactones) is 1. The highest BCUT2D eigenvalue weighted by Gasteiger charge is 2.51. The number of carbonyl (C=O) groups is 1. The standard InChI is InChI=1S/C18H19IO4/c1-18-6-5-9-10(8-23-17(9)21)12(18)7-14(20)15-11(18)3-4-13(19)16(15)22-2/h3-4,12,14,20H,5-8H2,1-2H3/t12-,14?,18+/m0/s1. The van der Waals surface area contributed by atoms with Crippen molar-refractivity contribution in [2.45, 2.75) is 37.7 Å². The van der Waals surface area contributed by atoms with E-state index in [0.717, 1.165) is 44.4 Å². The van der Waals surface area contributed by atoms with Gasteiger partial charge in [-0.2, -0.15) is 0 Å². The van der Waals surface area contributed by atoms with Gasteiger partial charge >= 0.3 is 5.97 Å². The van der Waals surface area contributed by atoms with E-state index < -0.39 is 6.10 Å². The van der Waals surface area contributed by atoms with Crippen molar-refractivity contribution in [2.75, 3.05) is 13.7 Å². The van der Waals surface area contributed by atoms with E-state index in [1.807, 2.05) is 0 Å². The van der Waals surface area contributed by atoms with Crippen LogP contribution in [-0.2, 0) is 14.9 Å². The molecule has 1 heterocycles. The second-order valence-corrected chi connectivity index (χ2v) is 8.01. The number of hydrogen-bond donors (Lipinski definition) is 1. The lowest BCUT2D eigenvalue weighted by Crippen LogP contribution is -2.42. The summed E-state index contributed by atoms with van der Waals surface area (Å²) in [5.41, 5.74) is 3.95. The molecule has 1 unspecified atom stereocenters. The third kappa shape index (κ3) is 2.02. The minimum Gasteiger partial charge on any atom is -0.495 e. The summed E-state index contributed by atoms with van der Waals surface area (Å²) >= 11 is 2.25. The van der Waals surface area contributed by atoms with E-state index in [0.29, 0.717) is 13.0 Å². The largest absolute Gasteiger partial charge is 0.495 e. The van der Waals surface area contributed by atoms with Gasteiger partial charge in [0.05, 0.1) is 16.8 Å². The molecule has 122 valence electrons. The highest BCUT2D eigenvalue weighted by Crippen LogP contribution is 2.57. The minimum absolute atomic E-state index is 0.0843. The van der Waals surface area contributed by atoms with E-state index in [2.05, 4.69) is 41.6 Å². The first kappa shape index (κ1) is 15.4. The van der Waals surface area contributed by atoms with E-state index in [1.165, 1.54) is 0 Å². The Bertz CT molecular complexity index is 739. The average Bonchev–Trinajstić information content (AvgIpc) is 2.90. The first-order valence-corrected chi connectivity index (χ1v) is 8.99. The van der Waals surface area contributed by atoms with Gasteiger partial charge < -0.3 is 14.6 Å². The summed E-state index contributed by atoms with van der Waals surface area (Å²) in [6.07, 6.45) is 1.70. The maximum absolute atomic E-state index is 11.9. The lowest BCUT2D eigenvalue weighted by Gasteiger charge is -2.48. The normalized spacial score (nSPS) is 32.1. The molecule has 0 fully saturated rings. The summed E-state index contributed by atoms with van der Waals surface area (Å²) in [7, 11) is 1.66. The number of hydrogen-bond acceptors (Lipinski definition) is 4. The second-order valence-electron chi connectivity index (χ2n) is 6.84. The fourth-order valence-corrected chi connectivity index (χ4v) is 5.33. The molecule has 4 rings (SSSR count). The van der Waals surface area contributed by atoms with E-state index in [4.69, 9.17) is 9.47 Å². The van der Waals surface area contributed by atoms with Crippen molar-refractivity contribution in [3.63, 3.8) is 0 Å². The van der Waals surface area contributed by atoms with Crippen molar-refractivity contribution in [1.29, 1.82) is 0 Å². The molecule has 0 amide bonds. The molecule has 1 aromatic carbocycles. The third-order valence-electron chi connectivity index (χ3n) is 5.84. The highest BCUT2D eigenvalue weighted by molar-refractivity contribution is 14.1. The van der Waals surface area contributed by atoms with Crippen LogP contribution in [0.1, 0.15) is 43.4 Å². The predicted molar refractivity (Wildman–Crippen MR) is 93.3 cm³/mol. The van der Waals surface area contributed by atoms with Gasteiger partial charge in [-0.3, -0.25) is 0 Å². The topological polar surface area (TPSA) is 55.8 Å². The monoisotopic (exact) mass is 426 g/mol. The quantitative estimate of drug-likeness (QED) is 0.554. The van der Waals surface area contributed by atoms with Crippen LogP contribution in [0.3, 0.4) is 0 Å². The van der Waals surface area contributed by atoms with Crippen molar-refractivity contribution in [1.82, 2.24) is 0 Å². The number of esters is 1. The summed E-state index contributed by atoms with van der Waals surface area (Å²) < 4.78 is 11.9. The molecule has 0 saturated heterocycles. The summed E-state index contributed by atoms with van der Waals surface area (Å²) in [6.45, 7) is 2.64. The van der Waals surface area contributed by atoms with Gasteiger partial charge in [0.2, 0.25) is 0 Å². The van der Waals surface area contributed by atoms with Gasteiger partial charge in [-0.1, -0.05) is 13.0 Å². The Balaban J connectivity index is 1.91. The number of benzene rings is 1. The van der Waals surface area contributed by atoms with Crippen LogP contribution in [0.5, 0.6) is 5.75 Å². The number of carbonyl (C=O) groups excluding carboxylic acids is 1. The SMILES string of the molecule is COc1c(I)ccc2c1C(O)C[C@H]1C3=C(CC[C@]21C)C(=O)OC3. The van der Waals surface area contributed by atoms with Gasteiger partial charge in [0, 0.05) is 16.6 Å². The summed E-state index contributed by atoms with van der Waals surface area (Å²) in [5, 5.41) is 10.8. The molecule has 23 heavy (non-hydrogen) atoms. The first-order valence-electron chi connectivity index (χ1n) is 7.91. The van der Waals surface area contributed by atoms with Crippen molar-refractivity contribution < 1.29 is 19.4 Å². The molecule has 1 N–H and O–H groups in total. The Kier molecular flexibility index (Phi) is 3.50. The lowest BCUT2D eigenvalue weighted by molar-refractivity contribution is -0.136. The Morgan fingerprint density at radius 1 is 1.43 bits per heavy atom. The minimum atomic E-state index is -0.574. The first-order chi connectivity index (χ1) is 11.0. The van der Waals surface area contributed by atoms with Gasteiger partial charge in [-0.05, 0) is 65.0 Å². The van der Waals surface area contributed by atoms with Gasteiger partial charge in [0.1, 0.15) is 12.4 Å². The van der Waals surface area contributed by atoms with E-state index in [-0.39, 0.29) is 17.3 Å². The second kappa shape index (κ2) is 5.21. The molecule has 0 radical (unpaired) electrons. The fourth-order valence-electron chi connectivity index (χ4n) is 4.64. The molecule has 2 aliphatic carbocycles. The number of rotatable bonds is 1. The average molecular weight is 426 g/mol. The van der Waals surface area contributed by atoms with Crippen LogP contribution in [0.15, 0.2) is 23.3 Å². The van der Waals surface area contributed by atoms with E-state index in [9.17, 15) is 9.90 Å². The van der Waals surface area contributed by atoms with Crippen molar-refractivity contribution >= 4 is 28.6 Å². The number of aliphatic hydroxyl groups is 1. The van der Waals surface area contributed by atoms with Crippen molar-refractivity contribution in [3.8, 4) is 5.75 Å². The molecule has 5 heteroatoms. The van der Waals surface area contributed by atoms with Crippen LogP contribution >= 0.6 is 22.6 Å². The molecular formula is C18H19IO4. The Morgan fingerprint density at radius 3 is 2.96 bits per heavy atom. The van der Waals surface area contributed by atoms with Crippen LogP contribution in [0.2, 0.25) is 0 Å². The lowest BCUT2D eigenvalue weighted by atomic mass is 9.56. The number of methoxy groups -OCH3 is 1. The summed E-state index contributed by atoms with van der Waals surface area (Å²) in [5.74, 6) is 0.779. The molecule has 0 saturated carbocycles. The zero-order valence-electron chi connectivity index (χ0n) is 13.2. The molecule has 4 nitrogen and oxygen atoms in total. The Morgan fingerprint density at radius 2 is 2.22 bits per heavy atom. The number of aliphatic hydroxyl groups excluding tert-OH is 1. The molecule has 3 aliphatic rings. The zero-order chi connectivity index (χ0) is 16.4. The van der Waals surface area contributed by atoms with E-state index >= 15 is 0 Å². The maximum Gasteiger partial charge on any atom is 0.334 e. The number of fused-ring (bicyclic) bond motifs is 4. The molecule has 0 aromatic heterocycles. The molecule has 0 bridgehead atoms. The molecular weight excluding hydrogens is 407 g/mol. The molecule has 0 spiro atoms. The van der Waals surface area contributed by atoms with Gasteiger partial charge in [0.25, 0.3) is 0 Å². The fraction of sp³-hybridized carbons (Fsp3) is 0.500. The van der Waals surface area contributed by atoms with Crippen LogP contribution in [0, 0.1) is 9.49 Å². The van der Waals surface area contributed by atoms with Gasteiger partial charge in [-0.25, -0.2) is 4.79 Å². The number of ether oxygens (including phenoxy) is 2. The van der Waals surface area contributed by atoms with Crippen LogP contribution in [0.4, 0.5) is 0 Å². The van der Waals surface area contributed by atoms with Crippen molar-refractivity contribution in [2.24, 2.45) is 5.92 Å². The van der Waals surface area contributed by atoms with Gasteiger partial charge in [0.15, 0.2) is 0 Å². The van der Waals surface area contributed by atoms with Crippen LogP contribution < -0.4 is 4.74 Å². The Labute approximate surface area is 149 Å². The Hall–Kier alpha value is -1.08. The summed E-state index contributed by atoms with van der Waals surface area (Å²) in [6, 6.07) is 4.18. The molecule has 1 aromatic rings. The maximum atomic E-state index is 11.9. The van der Waals surface area contributed by atoms with Crippen molar-refractivity contribution in [3.05, 3.63) is 38.0 Å². The summed E-state index contributed by atoms with van der Waals surface area (Å²) in [4.78, 5) is 11.9. The third-order valence-corrected chi connectivity index (χ3v) is 6.69. The number of halogens is 1. The zero-order valence-corrected chi connectivity index (χ0v) is 15.3. The van der Waals surface area contributed by atoms with Gasteiger partial charge in [-0.15, -0.1) is 0 Å². The van der Waals surface area contributed by atoms with E-state index in [1.54, 1.807) is 7.11 Å². The predicted octanol–water partition coefficient (Wildman–Crippen LogP) is 3.26. The van der Waals surface area contributed by atoms with Crippen LogP contribution in [-0.4, -0.2) is 24.8 Å². The highest BCUT2D eigenvalue weighted by atomic mass is 127. The van der Waals surface area contributed by atoms with Crippen LogP contribution in [0.25, 0.3) is 0 Å². The molecule has 1 aliphatic heterocycles.